The van der Waals surface area contributed by atoms with Crippen molar-refractivity contribution in [1.82, 2.24) is 4.90 Å². The SMILES string of the molecule is COc1cc2c(cc1OC)C(CCc1ccccc1Cl)N(C)CC2. The van der Waals surface area contributed by atoms with E-state index in [1.54, 1.807) is 14.2 Å². The molecule has 0 N–H and O–H groups in total. The first kappa shape index (κ1) is 17.1. The van der Waals surface area contributed by atoms with Crippen LogP contribution in [0.15, 0.2) is 36.4 Å². The number of rotatable bonds is 5. The van der Waals surface area contributed by atoms with Gasteiger partial charge in [-0.1, -0.05) is 29.8 Å². The van der Waals surface area contributed by atoms with Crippen molar-refractivity contribution in [1.29, 1.82) is 0 Å². The van der Waals surface area contributed by atoms with Crippen molar-refractivity contribution >= 4 is 11.6 Å². The molecule has 3 nitrogen and oxygen atoms in total. The van der Waals surface area contributed by atoms with Crippen LogP contribution in [-0.2, 0) is 12.8 Å². The highest BCUT2D eigenvalue weighted by Gasteiger charge is 2.26. The highest BCUT2D eigenvalue weighted by molar-refractivity contribution is 6.31. The van der Waals surface area contributed by atoms with Crippen LogP contribution in [0.1, 0.15) is 29.2 Å². The number of fused-ring (bicyclic) bond motifs is 1. The maximum Gasteiger partial charge on any atom is 0.161 e. The Hall–Kier alpha value is -1.71. The molecule has 0 aromatic heterocycles. The molecule has 0 aliphatic carbocycles. The smallest absolute Gasteiger partial charge is 0.161 e. The predicted octanol–water partition coefficient (Wildman–Crippen LogP) is 4.52. The molecule has 0 radical (unpaired) electrons. The molecule has 2 aromatic carbocycles. The predicted molar refractivity (Wildman–Crippen MR) is 98.4 cm³/mol. The number of halogens is 1. The van der Waals surface area contributed by atoms with Crippen molar-refractivity contribution in [3.8, 4) is 11.5 Å². The normalized spacial score (nSPS) is 17.4. The quantitative estimate of drug-likeness (QED) is 0.795. The van der Waals surface area contributed by atoms with Gasteiger partial charge in [0, 0.05) is 17.6 Å². The second kappa shape index (κ2) is 7.45. The van der Waals surface area contributed by atoms with E-state index in [4.69, 9.17) is 21.1 Å². The Morgan fingerprint density at radius 1 is 1.12 bits per heavy atom. The number of aryl methyl sites for hydroxylation is 1. The molecule has 24 heavy (non-hydrogen) atoms. The van der Waals surface area contributed by atoms with Gasteiger partial charge in [0.15, 0.2) is 11.5 Å². The van der Waals surface area contributed by atoms with Gasteiger partial charge in [-0.3, -0.25) is 4.90 Å². The number of nitrogens with zero attached hydrogens (tertiary/aromatic N) is 1. The zero-order valence-electron chi connectivity index (χ0n) is 14.5. The van der Waals surface area contributed by atoms with Gasteiger partial charge in [-0.2, -0.15) is 0 Å². The third kappa shape index (κ3) is 3.38. The monoisotopic (exact) mass is 345 g/mol. The minimum Gasteiger partial charge on any atom is -0.493 e. The van der Waals surface area contributed by atoms with Gasteiger partial charge in [0.2, 0.25) is 0 Å². The summed E-state index contributed by atoms with van der Waals surface area (Å²) in [5, 5.41) is 0.850. The molecule has 0 amide bonds. The van der Waals surface area contributed by atoms with E-state index in [0.29, 0.717) is 6.04 Å². The molecule has 1 aliphatic rings. The van der Waals surface area contributed by atoms with Crippen molar-refractivity contribution in [2.24, 2.45) is 0 Å². The lowest BCUT2D eigenvalue weighted by Gasteiger charge is -2.35. The molecular weight excluding hydrogens is 322 g/mol. The molecule has 1 aliphatic heterocycles. The summed E-state index contributed by atoms with van der Waals surface area (Å²) in [5.41, 5.74) is 3.91. The van der Waals surface area contributed by atoms with Crippen LogP contribution in [0.5, 0.6) is 11.5 Å². The van der Waals surface area contributed by atoms with Crippen molar-refractivity contribution in [3.63, 3.8) is 0 Å². The van der Waals surface area contributed by atoms with Gasteiger partial charge in [-0.15, -0.1) is 0 Å². The first-order valence-corrected chi connectivity index (χ1v) is 8.70. The summed E-state index contributed by atoms with van der Waals surface area (Å²) in [6.45, 7) is 1.05. The Morgan fingerprint density at radius 3 is 2.54 bits per heavy atom. The average Bonchev–Trinajstić information content (AvgIpc) is 2.61. The molecule has 2 aromatic rings. The molecule has 0 fully saturated rings. The van der Waals surface area contributed by atoms with Crippen LogP contribution >= 0.6 is 11.6 Å². The van der Waals surface area contributed by atoms with Crippen molar-refractivity contribution in [2.45, 2.75) is 25.3 Å². The van der Waals surface area contributed by atoms with Gasteiger partial charge in [-0.05, 0) is 61.2 Å². The van der Waals surface area contributed by atoms with Crippen molar-refractivity contribution < 1.29 is 9.47 Å². The Morgan fingerprint density at radius 2 is 1.83 bits per heavy atom. The van der Waals surface area contributed by atoms with E-state index in [1.807, 2.05) is 18.2 Å². The number of hydrogen-bond donors (Lipinski definition) is 0. The van der Waals surface area contributed by atoms with Crippen LogP contribution in [0.25, 0.3) is 0 Å². The molecule has 1 heterocycles. The molecule has 0 bridgehead atoms. The number of likely N-dealkylation sites (N-methyl/N-ethyl adjacent to an activating group) is 1. The Balaban J connectivity index is 1.88. The number of benzene rings is 2. The topological polar surface area (TPSA) is 21.7 Å². The van der Waals surface area contributed by atoms with Gasteiger partial charge in [0.1, 0.15) is 0 Å². The Labute approximate surface area is 149 Å². The van der Waals surface area contributed by atoms with Crippen LogP contribution in [0.3, 0.4) is 0 Å². The highest BCUT2D eigenvalue weighted by atomic mass is 35.5. The summed E-state index contributed by atoms with van der Waals surface area (Å²) in [5.74, 6) is 1.61. The summed E-state index contributed by atoms with van der Waals surface area (Å²) < 4.78 is 11.0. The summed E-state index contributed by atoms with van der Waals surface area (Å²) in [7, 11) is 5.57. The fraction of sp³-hybridized carbons (Fsp3) is 0.400. The molecule has 128 valence electrons. The third-order valence-electron chi connectivity index (χ3n) is 4.92. The van der Waals surface area contributed by atoms with Gasteiger partial charge in [0.25, 0.3) is 0 Å². The maximum absolute atomic E-state index is 6.32. The molecule has 0 saturated carbocycles. The molecule has 3 rings (SSSR count). The second-order valence-electron chi connectivity index (χ2n) is 6.28. The summed E-state index contributed by atoms with van der Waals surface area (Å²) >= 11 is 6.32. The van der Waals surface area contributed by atoms with Crippen LogP contribution in [0.2, 0.25) is 5.02 Å². The van der Waals surface area contributed by atoms with E-state index < -0.39 is 0 Å². The van der Waals surface area contributed by atoms with Gasteiger partial charge in [-0.25, -0.2) is 0 Å². The molecule has 1 unspecified atom stereocenters. The number of methoxy groups -OCH3 is 2. The zero-order valence-corrected chi connectivity index (χ0v) is 15.3. The second-order valence-corrected chi connectivity index (χ2v) is 6.69. The minimum absolute atomic E-state index is 0.366. The van der Waals surface area contributed by atoms with E-state index in [0.717, 1.165) is 42.3 Å². The maximum atomic E-state index is 6.32. The lowest BCUT2D eigenvalue weighted by molar-refractivity contribution is 0.218. The minimum atomic E-state index is 0.366. The fourth-order valence-electron chi connectivity index (χ4n) is 3.52. The van der Waals surface area contributed by atoms with Crippen LogP contribution in [0.4, 0.5) is 0 Å². The summed E-state index contributed by atoms with van der Waals surface area (Å²) in [6, 6.07) is 12.7. The highest BCUT2D eigenvalue weighted by Crippen LogP contribution is 2.39. The lowest BCUT2D eigenvalue weighted by atomic mass is 9.89. The molecule has 1 atom stereocenters. The molecular formula is C20H24ClNO2. The van der Waals surface area contributed by atoms with Gasteiger partial charge < -0.3 is 9.47 Å². The van der Waals surface area contributed by atoms with Crippen LogP contribution in [0, 0.1) is 0 Å². The average molecular weight is 346 g/mol. The third-order valence-corrected chi connectivity index (χ3v) is 5.28. The van der Waals surface area contributed by atoms with Crippen LogP contribution < -0.4 is 9.47 Å². The molecule has 4 heteroatoms. The van der Waals surface area contributed by atoms with Crippen LogP contribution in [-0.4, -0.2) is 32.7 Å². The van der Waals surface area contributed by atoms with E-state index in [-0.39, 0.29) is 0 Å². The zero-order chi connectivity index (χ0) is 17.1. The Kier molecular flexibility index (Phi) is 5.32. The molecule has 0 spiro atoms. The van der Waals surface area contributed by atoms with E-state index in [9.17, 15) is 0 Å². The van der Waals surface area contributed by atoms with E-state index in [1.165, 1.54) is 16.7 Å². The van der Waals surface area contributed by atoms with Crippen molar-refractivity contribution in [3.05, 3.63) is 58.1 Å². The first-order valence-electron chi connectivity index (χ1n) is 8.32. The van der Waals surface area contributed by atoms with Gasteiger partial charge >= 0.3 is 0 Å². The summed E-state index contributed by atoms with van der Waals surface area (Å²) in [4.78, 5) is 2.42. The van der Waals surface area contributed by atoms with E-state index in [2.05, 4.69) is 30.1 Å². The van der Waals surface area contributed by atoms with E-state index >= 15 is 0 Å². The van der Waals surface area contributed by atoms with Gasteiger partial charge in [0.05, 0.1) is 14.2 Å². The molecule has 0 saturated heterocycles. The lowest BCUT2D eigenvalue weighted by Crippen LogP contribution is -2.32. The number of ether oxygens (including phenoxy) is 2. The Bertz CT molecular complexity index is 717. The summed E-state index contributed by atoms with van der Waals surface area (Å²) in [6.07, 6.45) is 3.03. The van der Waals surface area contributed by atoms with Crippen molar-refractivity contribution in [2.75, 3.05) is 27.8 Å². The number of hydrogen-bond acceptors (Lipinski definition) is 3. The largest absolute Gasteiger partial charge is 0.493 e. The first-order chi connectivity index (χ1) is 11.6. The fourth-order valence-corrected chi connectivity index (χ4v) is 3.75. The standard InChI is InChI=1S/C20H24ClNO2/c1-22-11-10-15-12-19(23-2)20(24-3)13-16(15)18(22)9-8-14-6-4-5-7-17(14)21/h4-7,12-13,18H,8-11H2,1-3H3.